The third kappa shape index (κ3) is 10.0. The van der Waals surface area contributed by atoms with Crippen LogP contribution in [0.2, 0.25) is 0 Å². The second kappa shape index (κ2) is 15.2. The summed E-state index contributed by atoms with van der Waals surface area (Å²) in [5.74, 6) is -0.367. The summed E-state index contributed by atoms with van der Waals surface area (Å²) in [6.45, 7) is 8.89. The minimum Gasteiger partial charge on any atom is -0.481 e. The van der Waals surface area contributed by atoms with Crippen molar-refractivity contribution in [3.8, 4) is 11.3 Å². The Labute approximate surface area is 246 Å². The molecule has 1 aliphatic heterocycles. The van der Waals surface area contributed by atoms with Crippen molar-refractivity contribution in [1.29, 1.82) is 0 Å². The quantitative estimate of drug-likeness (QED) is 0.290. The molecule has 0 bridgehead atoms. The molecule has 2 aromatic heterocycles. The third-order valence-corrected chi connectivity index (χ3v) is 6.72. The van der Waals surface area contributed by atoms with E-state index in [1.165, 1.54) is 12.5 Å². The van der Waals surface area contributed by atoms with Crippen LogP contribution in [-0.4, -0.2) is 78.8 Å². The normalized spacial score (nSPS) is 13.6. The molecule has 12 heteroatoms. The molecular weight excluding hydrogens is 538 g/mol. The average molecular weight is 580 g/mol. The molecule has 0 spiro atoms. The van der Waals surface area contributed by atoms with Crippen LogP contribution >= 0.6 is 0 Å². The summed E-state index contributed by atoms with van der Waals surface area (Å²) < 4.78 is 7.45. The molecule has 4 N–H and O–H groups in total. The molecule has 42 heavy (non-hydrogen) atoms. The fourth-order valence-corrected chi connectivity index (χ4v) is 4.32. The molecule has 3 aromatic rings. The number of likely N-dealkylation sites (tertiary alicyclic amines) is 1. The van der Waals surface area contributed by atoms with E-state index in [-0.39, 0.29) is 36.7 Å². The Hall–Kier alpha value is -4.16. The van der Waals surface area contributed by atoms with Crippen LogP contribution in [0, 0.1) is 6.92 Å². The van der Waals surface area contributed by atoms with Gasteiger partial charge in [-0.15, -0.1) is 0 Å². The second-order valence-electron chi connectivity index (χ2n) is 10.7. The van der Waals surface area contributed by atoms with E-state index in [0.29, 0.717) is 25.5 Å². The summed E-state index contributed by atoms with van der Waals surface area (Å²) in [4.78, 5) is 43.7. The number of rotatable bonds is 12. The Morgan fingerprint density at radius 3 is 2.52 bits per heavy atom. The number of aryl methyl sites for hydroxylation is 3. The Bertz CT molecular complexity index is 1370. The number of aliphatic carboxylic acids is 1. The van der Waals surface area contributed by atoms with E-state index in [0.717, 1.165) is 28.9 Å². The summed E-state index contributed by atoms with van der Waals surface area (Å²) in [5.41, 5.74) is 10.3. The zero-order valence-electron chi connectivity index (χ0n) is 24.9. The monoisotopic (exact) mass is 579 g/mol. The van der Waals surface area contributed by atoms with Gasteiger partial charge in [0.1, 0.15) is 5.78 Å². The van der Waals surface area contributed by atoms with Gasteiger partial charge in [-0.05, 0) is 63.8 Å². The SMILES string of the molecule is CC(=O)[C@@H](N)CCC(=O)O.Cc1cc(-c2ccnc(Nc3cnn(C)c3)n2)ccc1CCC(=O)N1CC(OC(C)C)C1. The number of carboxylic acids is 1. The van der Waals surface area contributed by atoms with E-state index in [2.05, 4.69) is 45.5 Å². The number of ketones is 1. The Morgan fingerprint density at radius 2 is 1.93 bits per heavy atom. The summed E-state index contributed by atoms with van der Waals surface area (Å²) in [5, 5.41) is 15.5. The summed E-state index contributed by atoms with van der Waals surface area (Å²) in [7, 11) is 1.86. The fourth-order valence-electron chi connectivity index (χ4n) is 4.32. The number of amides is 1. The average Bonchev–Trinajstić information content (AvgIpc) is 3.32. The molecule has 1 atom stereocenters. The Kier molecular flexibility index (Phi) is 11.7. The van der Waals surface area contributed by atoms with Crippen LogP contribution in [0.1, 0.15) is 51.2 Å². The second-order valence-corrected chi connectivity index (χ2v) is 10.7. The number of carbonyl (C=O) groups excluding carboxylic acids is 2. The number of carbonyl (C=O) groups is 3. The molecule has 0 unspecified atom stereocenters. The predicted molar refractivity (Wildman–Crippen MR) is 159 cm³/mol. The van der Waals surface area contributed by atoms with Crippen LogP contribution in [0.15, 0.2) is 42.9 Å². The number of carboxylic acid groups (broad SMARTS) is 1. The fraction of sp³-hybridized carbons (Fsp3) is 0.467. The number of anilines is 2. The van der Waals surface area contributed by atoms with Gasteiger partial charge in [0, 0.05) is 50.9 Å². The molecule has 0 aliphatic carbocycles. The maximum absolute atomic E-state index is 12.5. The number of aromatic nitrogens is 4. The number of ether oxygens (including phenoxy) is 1. The van der Waals surface area contributed by atoms with E-state index in [9.17, 15) is 14.4 Å². The topological polar surface area (TPSA) is 166 Å². The van der Waals surface area contributed by atoms with Crippen LogP contribution in [-0.2, 0) is 32.6 Å². The van der Waals surface area contributed by atoms with Crippen molar-refractivity contribution in [2.45, 2.75) is 71.6 Å². The van der Waals surface area contributed by atoms with Gasteiger partial charge in [-0.3, -0.25) is 19.1 Å². The highest BCUT2D eigenvalue weighted by molar-refractivity contribution is 5.81. The van der Waals surface area contributed by atoms with Crippen LogP contribution in [0.3, 0.4) is 0 Å². The van der Waals surface area contributed by atoms with Gasteiger partial charge < -0.3 is 25.8 Å². The van der Waals surface area contributed by atoms with Crippen molar-refractivity contribution in [3.63, 3.8) is 0 Å². The highest BCUT2D eigenvalue weighted by Gasteiger charge is 2.31. The van der Waals surface area contributed by atoms with Crippen LogP contribution in [0.5, 0.6) is 0 Å². The predicted octanol–water partition coefficient (Wildman–Crippen LogP) is 3.27. The molecule has 1 aromatic carbocycles. The lowest BCUT2D eigenvalue weighted by Crippen LogP contribution is -2.55. The van der Waals surface area contributed by atoms with Gasteiger partial charge in [-0.1, -0.05) is 12.1 Å². The van der Waals surface area contributed by atoms with Crippen molar-refractivity contribution < 1.29 is 24.2 Å². The first-order valence-corrected chi connectivity index (χ1v) is 14.0. The first-order chi connectivity index (χ1) is 19.9. The molecule has 0 radical (unpaired) electrons. The summed E-state index contributed by atoms with van der Waals surface area (Å²) in [6.07, 6.45) is 7.16. The number of Topliss-reactive ketones (excluding diaryl/α,β-unsaturated/α-hetero) is 1. The molecule has 12 nitrogen and oxygen atoms in total. The van der Waals surface area contributed by atoms with Gasteiger partial charge in [-0.25, -0.2) is 9.97 Å². The molecule has 226 valence electrons. The van der Waals surface area contributed by atoms with Crippen LogP contribution in [0.25, 0.3) is 11.3 Å². The Morgan fingerprint density at radius 1 is 1.19 bits per heavy atom. The molecular formula is C30H41N7O5. The summed E-state index contributed by atoms with van der Waals surface area (Å²) in [6, 6.07) is 7.54. The molecule has 1 aliphatic rings. The number of nitrogens with one attached hydrogen (secondary N) is 1. The maximum atomic E-state index is 12.5. The molecule has 1 amide bonds. The highest BCUT2D eigenvalue weighted by Crippen LogP contribution is 2.24. The number of benzene rings is 1. The maximum Gasteiger partial charge on any atom is 0.303 e. The molecule has 1 saturated heterocycles. The van der Waals surface area contributed by atoms with Crippen molar-refractivity contribution >= 4 is 29.3 Å². The van der Waals surface area contributed by atoms with E-state index >= 15 is 0 Å². The molecule has 3 heterocycles. The molecule has 1 fully saturated rings. The van der Waals surface area contributed by atoms with Crippen LogP contribution in [0.4, 0.5) is 11.6 Å². The Balaban J connectivity index is 0.000000416. The van der Waals surface area contributed by atoms with E-state index in [1.54, 1.807) is 17.1 Å². The first-order valence-electron chi connectivity index (χ1n) is 14.0. The van der Waals surface area contributed by atoms with Gasteiger partial charge in [0.15, 0.2) is 0 Å². The first kappa shape index (κ1) is 32.4. The standard InChI is InChI=1S/C24H30N6O2.C6H11NO3/c1-16(2)32-21-14-30(15-21)23(31)8-7-18-5-6-19(11-17(18)3)22-9-10-25-24(28-22)27-20-12-26-29(4)13-20;1-4(8)5(7)2-3-6(9)10/h5-6,9-13,16,21H,7-8,14-15H2,1-4H3,(H,25,27,28);5H,2-3,7H2,1H3,(H,9,10)/t;5-/m.0/s1. The zero-order chi connectivity index (χ0) is 30.8. The van der Waals surface area contributed by atoms with Gasteiger partial charge in [-0.2, -0.15) is 5.10 Å². The van der Waals surface area contributed by atoms with E-state index in [4.69, 9.17) is 15.6 Å². The van der Waals surface area contributed by atoms with Gasteiger partial charge in [0.25, 0.3) is 0 Å². The van der Waals surface area contributed by atoms with Crippen molar-refractivity contribution in [1.82, 2.24) is 24.6 Å². The lowest BCUT2D eigenvalue weighted by Gasteiger charge is -2.40. The lowest BCUT2D eigenvalue weighted by atomic mass is 9.99. The minimum absolute atomic E-state index is 0.0409. The largest absolute Gasteiger partial charge is 0.481 e. The zero-order valence-corrected chi connectivity index (χ0v) is 24.9. The van der Waals surface area contributed by atoms with Crippen molar-refractivity contribution in [3.05, 3.63) is 54.0 Å². The van der Waals surface area contributed by atoms with E-state index in [1.807, 2.05) is 38.1 Å². The summed E-state index contributed by atoms with van der Waals surface area (Å²) >= 11 is 0. The number of hydrogen-bond acceptors (Lipinski definition) is 9. The third-order valence-electron chi connectivity index (χ3n) is 6.72. The van der Waals surface area contributed by atoms with Crippen LogP contribution < -0.4 is 11.1 Å². The molecule has 0 saturated carbocycles. The van der Waals surface area contributed by atoms with Crippen molar-refractivity contribution in [2.24, 2.45) is 12.8 Å². The van der Waals surface area contributed by atoms with Gasteiger partial charge in [0.05, 0.1) is 35.8 Å². The smallest absolute Gasteiger partial charge is 0.303 e. The number of hydrogen-bond donors (Lipinski definition) is 3. The number of nitrogens with zero attached hydrogens (tertiary/aromatic N) is 5. The van der Waals surface area contributed by atoms with E-state index < -0.39 is 12.0 Å². The number of nitrogens with two attached hydrogens (primary N) is 1. The molecule has 4 rings (SSSR count). The van der Waals surface area contributed by atoms with Crippen molar-refractivity contribution in [2.75, 3.05) is 18.4 Å². The van der Waals surface area contributed by atoms with Gasteiger partial charge in [0.2, 0.25) is 11.9 Å². The minimum atomic E-state index is -0.920. The van der Waals surface area contributed by atoms with Gasteiger partial charge >= 0.3 is 5.97 Å². The highest BCUT2D eigenvalue weighted by atomic mass is 16.5. The lowest BCUT2D eigenvalue weighted by molar-refractivity contribution is -0.148.